The first kappa shape index (κ1) is 12.3. The van der Waals surface area contributed by atoms with E-state index in [9.17, 15) is 0 Å². The van der Waals surface area contributed by atoms with Gasteiger partial charge in [-0.25, -0.2) is 0 Å². The van der Waals surface area contributed by atoms with Gasteiger partial charge in [0.1, 0.15) is 0 Å². The maximum atomic E-state index is 6.28. The van der Waals surface area contributed by atoms with Crippen LogP contribution in [0, 0.1) is 0 Å². The molecule has 1 aromatic rings. The molecule has 92 valence electrons. The maximum absolute atomic E-state index is 6.28. The summed E-state index contributed by atoms with van der Waals surface area (Å²) in [6, 6.07) is 4.41. The van der Waals surface area contributed by atoms with Crippen molar-refractivity contribution in [2.45, 2.75) is 51.0 Å². The molecule has 0 saturated heterocycles. The summed E-state index contributed by atoms with van der Waals surface area (Å²) in [5.74, 6) is 0. The number of hydrogen-bond donors (Lipinski definition) is 1. The number of rotatable bonds is 4. The van der Waals surface area contributed by atoms with Gasteiger partial charge in [-0.3, -0.25) is 4.98 Å². The summed E-state index contributed by atoms with van der Waals surface area (Å²) < 4.78 is 0. The van der Waals surface area contributed by atoms with Crippen molar-refractivity contribution >= 4 is 0 Å². The zero-order valence-electron chi connectivity index (χ0n) is 10.4. The molecule has 0 amide bonds. The third-order valence-electron chi connectivity index (χ3n) is 3.55. The van der Waals surface area contributed by atoms with E-state index < -0.39 is 0 Å². The van der Waals surface area contributed by atoms with Crippen molar-refractivity contribution in [1.29, 1.82) is 0 Å². The quantitative estimate of drug-likeness (QED) is 0.806. The molecule has 0 radical (unpaired) electrons. The molecule has 2 rings (SSSR count). The normalized spacial score (nSPS) is 18.3. The molecule has 1 unspecified atom stereocenters. The topological polar surface area (TPSA) is 38.9 Å². The minimum absolute atomic E-state index is 0.251. The number of allylic oxidation sites excluding steroid dienone is 1. The molecule has 0 saturated carbocycles. The Bertz CT molecular complexity index is 356. The first-order valence-electron chi connectivity index (χ1n) is 6.69. The fourth-order valence-electron chi connectivity index (χ4n) is 2.43. The largest absolute Gasteiger partial charge is 0.324 e. The minimum Gasteiger partial charge on any atom is -0.324 e. The summed E-state index contributed by atoms with van der Waals surface area (Å²) in [6.07, 6.45) is 14.6. The van der Waals surface area contributed by atoms with Crippen LogP contribution >= 0.6 is 0 Å². The van der Waals surface area contributed by atoms with Gasteiger partial charge in [-0.2, -0.15) is 0 Å². The van der Waals surface area contributed by atoms with E-state index in [0.717, 1.165) is 12.8 Å². The minimum atomic E-state index is 0.251. The van der Waals surface area contributed by atoms with Gasteiger partial charge in [0.25, 0.3) is 0 Å². The average Bonchev–Trinajstić information content (AvgIpc) is 2.66. The van der Waals surface area contributed by atoms with Crippen molar-refractivity contribution in [2.24, 2.45) is 5.73 Å². The van der Waals surface area contributed by atoms with Crippen LogP contribution in [0.1, 0.15) is 44.1 Å². The van der Waals surface area contributed by atoms with Gasteiger partial charge in [0.15, 0.2) is 0 Å². The van der Waals surface area contributed by atoms with E-state index in [2.05, 4.69) is 23.2 Å². The van der Waals surface area contributed by atoms with Crippen LogP contribution in [0.2, 0.25) is 0 Å². The predicted molar refractivity (Wildman–Crippen MR) is 71.7 cm³/mol. The molecule has 0 aliphatic heterocycles. The fourth-order valence-corrected chi connectivity index (χ4v) is 2.43. The summed E-state index contributed by atoms with van der Waals surface area (Å²) >= 11 is 0. The second-order valence-corrected chi connectivity index (χ2v) is 4.88. The lowest BCUT2D eigenvalue weighted by molar-refractivity contribution is 0.639. The van der Waals surface area contributed by atoms with E-state index in [4.69, 9.17) is 5.73 Å². The molecule has 1 heterocycles. The van der Waals surface area contributed by atoms with E-state index >= 15 is 0 Å². The second kappa shape index (κ2) is 6.55. The molecule has 0 bridgehead atoms. The molecule has 1 aromatic heterocycles. The molecule has 0 spiro atoms. The SMILES string of the molecule is NC(CCc1ccncc1)C1=CCCCCC1. The van der Waals surface area contributed by atoms with E-state index in [0.29, 0.717) is 0 Å². The van der Waals surface area contributed by atoms with Crippen LogP contribution in [0.3, 0.4) is 0 Å². The smallest absolute Gasteiger partial charge is 0.0270 e. The molecular weight excluding hydrogens is 208 g/mol. The molecule has 17 heavy (non-hydrogen) atoms. The molecule has 2 heteroatoms. The van der Waals surface area contributed by atoms with E-state index in [-0.39, 0.29) is 6.04 Å². The number of hydrogen-bond acceptors (Lipinski definition) is 2. The van der Waals surface area contributed by atoms with Gasteiger partial charge in [0.2, 0.25) is 0 Å². The fraction of sp³-hybridized carbons (Fsp3) is 0.533. The highest BCUT2D eigenvalue weighted by Crippen LogP contribution is 2.21. The molecule has 2 N–H and O–H groups in total. The molecule has 2 nitrogen and oxygen atoms in total. The van der Waals surface area contributed by atoms with Crippen molar-refractivity contribution in [2.75, 3.05) is 0 Å². The molecule has 1 atom stereocenters. The van der Waals surface area contributed by atoms with Crippen LogP contribution in [0.5, 0.6) is 0 Å². The van der Waals surface area contributed by atoms with Crippen LogP contribution in [0.15, 0.2) is 36.2 Å². The number of nitrogens with zero attached hydrogens (tertiary/aromatic N) is 1. The van der Waals surface area contributed by atoms with Crippen molar-refractivity contribution in [3.05, 3.63) is 41.7 Å². The Kier molecular flexibility index (Phi) is 4.75. The summed E-state index contributed by atoms with van der Waals surface area (Å²) in [4.78, 5) is 4.03. The first-order valence-corrected chi connectivity index (χ1v) is 6.69. The lowest BCUT2D eigenvalue weighted by Crippen LogP contribution is -2.23. The van der Waals surface area contributed by atoms with Gasteiger partial charge < -0.3 is 5.73 Å². The number of nitrogens with two attached hydrogens (primary N) is 1. The summed E-state index contributed by atoms with van der Waals surface area (Å²) in [6.45, 7) is 0. The highest BCUT2D eigenvalue weighted by atomic mass is 14.6. The average molecular weight is 230 g/mol. The number of aryl methyl sites for hydroxylation is 1. The third-order valence-corrected chi connectivity index (χ3v) is 3.55. The summed E-state index contributed by atoms with van der Waals surface area (Å²) in [7, 11) is 0. The lowest BCUT2D eigenvalue weighted by Gasteiger charge is -2.15. The Morgan fingerprint density at radius 1 is 1.18 bits per heavy atom. The van der Waals surface area contributed by atoms with Crippen molar-refractivity contribution in [3.8, 4) is 0 Å². The van der Waals surface area contributed by atoms with Gasteiger partial charge in [-0.1, -0.05) is 18.1 Å². The van der Waals surface area contributed by atoms with Crippen molar-refractivity contribution in [1.82, 2.24) is 4.98 Å². The Balaban J connectivity index is 1.84. The van der Waals surface area contributed by atoms with Crippen molar-refractivity contribution < 1.29 is 0 Å². The van der Waals surface area contributed by atoms with Crippen LogP contribution in [-0.2, 0) is 6.42 Å². The molecule has 1 aliphatic carbocycles. The van der Waals surface area contributed by atoms with Gasteiger partial charge in [0.05, 0.1) is 0 Å². The molecule has 0 aromatic carbocycles. The Morgan fingerprint density at radius 2 is 2.00 bits per heavy atom. The van der Waals surface area contributed by atoms with Crippen LogP contribution in [-0.4, -0.2) is 11.0 Å². The van der Waals surface area contributed by atoms with E-state index in [1.54, 1.807) is 0 Å². The van der Waals surface area contributed by atoms with Crippen LogP contribution in [0.4, 0.5) is 0 Å². The Labute approximate surface area is 104 Å². The predicted octanol–water partition coefficient (Wildman–Crippen LogP) is 3.23. The first-order chi connectivity index (χ1) is 8.36. The number of aromatic nitrogens is 1. The summed E-state index contributed by atoms with van der Waals surface area (Å²) in [5, 5.41) is 0. The summed E-state index contributed by atoms with van der Waals surface area (Å²) in [5.41, 5.74) is 9.10. The zero-order valence-corrected chi connectivity index (χ0v) is 10.4. The highest BCUT2D eigenvalue weighted by Gasteiger charge is 2.11. The van der Waals surface area contributed by atoms with Crippen molar-refractivity contribution in [3.63, 3.8) is 0 Å². The molecular formula is C15H22N2. The van der Waals surface area contributed by atoms with Gasteiger partial charge in [-0.15, -0.1) is 0 Å². The van der Waals surface area contributed by atoms with E-state index in [1.807, 2.05) is 12.4 Å². The van der Waals surface area contributed by atoms with Gasteiger partial charge >= 0.3 is 0 Å². The monoisotopic (exact) mass is 230 g/mol. The van der Waals surface area contributed by atoms with Gasteiger partial charge in [-0.05, 0) is 56.2 Å². The van der Waals surface area contributed by atoms with Crippen LogP contribution in [0.25, 0.3) is 0 Å². The highest BCUT2D eigenvalue weighted by molar-refractivity contribution is 5.14. The standard InChI is InChI=1S/C15H22N2/c16-15(14-5-3-1-2-4-6-14)8-7-13-9-11-17-12-10-13/h5,9-12,15H,1-4,6-8,16H2. The Hall–Kier alpha value is -1.15. The second-order valence-electron chi connectivity index (χ2n) is 4.88. The zero-order chi connectivity index (χ0) is 11.9. The Morgan fingerprint density at radius 3 is 2.82 bits per heavy atom. The van der Waals surface area contributed by atoms with Gasteiger partial charge in [0, 0.05) is 18.4 Å². The number of pyridine rings is 1. The third kappa shape index (κ3) is 3.97. The lowest BCUT2D eigenvalue weighted by atomic mass is 9.97. The maximum Gasteiger partial charge on any atom is 0.0270 e. The molecule has 1 aliphatic rings. The van der Waals surface area contributed by atoms with E-state index in [1.165, 1.54) is 43.2 Å². The van der Waals surface area contributed by atoms with Crippen LogP contribution < -0.4 is 5.73 Å². The molecule has 0 fully saturated rings.